The highest BCUT2D eigenvalue weighted by Gasteiger charge is 2.27. The van der Waals surface area contributed by atoms with Gasteiger partial charge in [0.05, 0.1) is 27.5 Å². The van der Waals surface area contributed by atoms with Crippen LogP contribution in [0.3, 0.4) is 0 Å². The van der Waals surface area contributed by atoms with Crippen LogP contribution in [0.5, 0.6) is 0 Å². The number of rotatable bonds is 9. The Balaban J connectivity index is 1.74. The molecule has 39 heavy (non-hydrogen) atoms. The molecule has 0 fully saturated rings. The number of hydrogen-bond acceptors (Lipinski definition) is 7. The molecule has 0 bridgehead atoms. The lowest BCUT2D eigenvalue weighted by Gasteiger charge is -2.23. The molecule has 1 aliphatic carbocycles. The average molecular weight is 570 g/mol. The van der Waals surface area contributed by atoms with Gasteiger partial charge in [-0.3, -0.25) is 14.4 Å². The molecule has 204 valence electrons. The number of Topliss-reactive ketones (excluding diaryl/α,β-unsaturated/α-hetero) is 1. The van der Waals surface area contributed by atoms with Crippen LogP contribution >= 0.6 is 11.6 Å². The van der Waals surface area contributed by atoms with Crippen LogP contribution in [0.1, 0.15) is 47.3 Å². The van der Waals surface area contributed by atoms with Gasteiger partial charge in [-0.1, -0.05) is 19.9 Å². The van der Waals surface area contributed by atoms with Crippen LogP contribution in [0.15, 0.2) is 64.8 Å². The third-order valence-electron chi connectivity index (χ3n) is 5.93. The minimum absolute atomic E-state index is 0.0154. The van der Waals surface area contributed by atoms with Crippen LogP contribution in [0.2, 0.25) is 0 Å². The molecular weight excluding hydrogens is 542 g/mol. The molecule has 3 rings (SSSR count). The lowest BCUT2D eigenvalue weighted by Crippen LogP contribution is -2.29. The largest absolute Gasteiger partial charge is 0.483 e. The minimum Gasteiger partial charge on any atom is -0.483 e. The highest BCUT2D eigenvalue weighted by atomic mass is 35.5. The van der Waals surface area contributed by atoms with Gasteiger partial charge < -0.3 is 10.1 Å². The summed E-state index contributed by atoms with van der Waals surface area (Å²) in [5, 5.41) is 11.5. The number of ether oxygens (including phenoxy) is 1. The molecule has 2 unspecified atom stereocenters. The van der Waals surface area contributed by atoms with Gasteiger partial charge >= 0.3 is 0 Å². The summed E-state index contributed by atoms with van der Waals surface area (Å²) in [7, 11) is -4.03. The summed E-state index contributed by atoms with van der Waals surface area (Å²) in [6, 6.07) is 10.9. The van der Waals surface area contributed by atoms with Crippen LogP contribution in [0.4, 0.5) is 5.69 Å². The van der Waals surface area contributed by atoms with Gasteiger partial charge in [-0.05, 0) is 73.4 Å². The van der Waals surface area contributed by atoms with E-state index >= 15 is 0 Å². The van der Waals surface area contributed by atoms with Crippen LogP contribution < -0.4 is 10.0 Å². The second-order valence-corrected chi connectivity index (χ2v) is 11.3. The van der Waals surface area contributed by atoms with E-state index in [2.05, 4.69) is 5.32 Å². The van der Waals surface area contributed by atoms with E-state index < -0.39 is 33.8 Å². The van der Waals surface area contributed by atoms with Gasteiger partial charge in [0, 0.05) is 17.7 Å². The summed E-state index contributed by atoms with van der Waals surface area (Å²) in [6.45, 7) is 6.35. The molecule has 0 aromatic heterocycles. The van der Waals surface area contributed by atoms with Crippen LogP contribution in [-0.4, -0.2) is 38.0 Å². The predicted molar refractivity (Wildman–Crippen MR) is 147 cm³/mol. The second kappa shape index (κ2) is 12.3. The van der Waals surface area contributed by atoms with Gasteiger partial charge in [-0.25, -0.2) is 13.1 Å². The molecule has 2 atom stereocenters. The first-order chi connectivity index (χ1) is 18.3. The number of carbonyl (C=O) groups excluding carboxylic acids is 3. The molecule has 0 aliphatic heterocycles. The highest BCUT2D eigenvalue weighted by Crippen LogP contribution is 2.30. The van der Waals surface area contributed by atoms with Crippen molar-refractivity contribution in [2.45, 2.75) is 44.4 Å². The first-order valence-corrected chi connectivity index (χ1v) is 14.0. The Labute approximate surface area is 232 Å². The van der Waals surface area contributed by atoms with Crippen molar-refractivity contribution in [3.8, 4) is 6.07 Å². The number of allylic oxidation sites excluding steroid dienone is 3. The summed E-state index contributed by atoms with van der Waals surface area (Å²) in [6.07, 6.45) is 3.27. The summed E-state index contributed by atoms with van der Waals surface area (Å²) in [5.74, 6) is -1.53. The Kier molecular flexibility index (Phi) is 9.32. The zero-order chi connectivity index (χ0) is 28.9. The number of ketones is 1. The normalized spacial score (nSPS) is 16.8. The fourth-order valence-corrected chi connectivity index (χ4v) is 5.16. The summed E-state index contributed by atoms with van der Waals surface area (Å²) in [4.78, 5) is 37.4. The van der Waals surface area contributed by atoms with Crippen LogP contribution in [-0.2, 0) is 24.3 Å². The van der Waals surface area contributed by atoms with E-state index in [4.69, 9.17) is 16.3 Å². The monoisotopic (exact) mass is 569 g/mol. The van der Waals surface area contributed by atoms with Crippen molar-refractivity contribution in [1.29, 1.82) is 5.26 Å². The third kappa shape index (κ3) is 7.34. The van der Waals surface area contributed by atoms with E-state index in [0.29, 0.717) is 22.4 Å². The topological polar surface area (TPSA) is 142 Å². The lowest BCUT2D eigenvalue weighted by atomic mass is 9.90. The number of alkyl halides is 1. The Morgan fingerprint density at radius 2 is 1.79 bits per heavy atom. The maximum atomic E-state index is 13.3. The SMILES string of the molecule is CCC(=O)NS(=O)(=O)c1ccc(NC(=O)COC2=CC(C)C(Cl)C=C2C(=O)c2cc(C)cc(C#N)c2)c(C)c1. The maximum absolute atomic E-state index is 13.3. The molecule has 2 amide bonds. The highest BCUT2D eigenvalue weighted by molar-refractivity contribution is 7.90. The van der Waals surface area contributed by atoms with E-state index in [-0.39, 0.29) is 34.3 Å². The van der Waals surface area contributed by atoms with Gasteiger partial charge in [0.15, 0.2) is 12.4 Å². The number of nitrogens with one attached hydrogen (secondary N) is 2. The number of nitrogens with zero attached hydrogens (tertiary/aromatic N) is 1. The van der Waals surface area contributed by atoms with Gasteiger partial charge in [-0.15, -0.1) is 11.6 Å². The van der Waals surface area contributed by atoms with Gasteiger partial charge in [0.2, 0.25) is 5.91 Å². The third-order valence-corrected chi connectivity index (χ3v) is 7.83. The molecule has 0 radical (unpaired) electrons. The Hall–Kier alpha value is -3.94. The van der Waals surface area contributed by atoms with Crippen molar-refractivity contribution in [2.24, 2.45) is 5.92 Å². The van der Waals surface area contributed by atoms with Crippen molar-refractivity contribution in [2.75, 3.05) is 11.9 Å². The number of anilines is 1. The first-order valence-electron chi connectivity index (χ1n) is 12.1. The van der Waals surface area contributed by atoms with E-state index in [1.807, 2.05) is 17.7 Å². The standard InChI is InChI=1S/C28H28ClN3O6S/c1-5-26(33)32-39(36,37)21-6-7-24(18(4)10-21)31-27(34)15-38-25-11-17(3)23(29)13-22(25)28(35)20-9-16(2)8-19(12-20)14-30/h6-13,17,23H,5,15H2,1-4H3,(H,31,34)(H,32,33). The molecule has 0 saturated heterocycles. The molecule has 2 aromatic rings. The van der Waals surface area contributed by atoms with Crippen molar-refractivity contribution >= 4 is 44.9 Å². The van der Waals surface area contributed by atoms with Crippen LogP contribution in [0.25, 0.3) is 0 Å². The maximum Gasteiger partial charge on any atom is 0.264 e. The lowest BCUT2D eigenvalue weighted by molar-refractivity contribution is -0.120. The zero-order valence-corrected chi connectivity index (χ0v) is 23.4. The number of carbonyl (C=O) groups is 3. The Bertz CT molecular complexity index is 1540. The number of amides is 2. The molecule has 1 aliphatic rings. The quantitative estimate of drug-likeness (QED) is 0.338. The van der Waals surface area contributed by atoms with Crippen molar-refractivity contribution in [3.63, 3.8) is 0 Å². The van der Waals surface area contributed by atoms with E-state index in [1.54, 1.807) is 38.1 Å². The molecule has 9 nitrogen and oxygen atoms in total. The Morgan fingerprint density at radius 3 is 2.44 bits per heavy atom. The number of nitriles is 1. The summed E-state index contributed by atoms with van der Waals surface area (Å²) < 4.78 is 32.4. The number of aryl methyl sites for hydroxylation is 2. The number of benzene rings is 2. The molecule has 0 saturated carbocycles. The van der Waals surface area contributed by atoms with E-state index in [0.717, 1.165) is 5.56 Å². The van der Waals surface area contributed by atoms with Gasteiger partial charge in [0.1, 0.15) is 5.76 Å². The average Bonchev–Trinajstić information content (AvgIpc) is 2.89. The smallest absolute Gasteiger partial charge is 0.264 e. The number of hydrogen-bond donors (Lipinski definition) is 2. The zero-order valence-electron chi connectivity index (χ0n) is 21.9. The first kappa shape index (κ1) is 29.6. The molecule has 11 heteroatoms. The minimum atomic E-state index is -4.03. The summed E-state index contributed by atoms with van der Waals surface area (Å²) in [5.41, 5.74) is 2.39. The van der Waals surface area contributed by atoms with E-state index in [1.165, 1.54) is 31.2 Å². The van der Waals surface area contributed by atoms with Crippen molar-refractivity contribution < 1.29 is 27.5 Å². The van der Waals surface area contributed by atoms with Crippen molar-refractivity contribution in [3.05, 3.63) is 82.1 Å². The van der Waals surface area contributed by atoms with Gasteiger partial charge in [0.25, 0.3) is 15.9 Å². The second-order valence-electron chi connectivity index (χ2n) is 9.14. The van der Waals surface area contributed by atoms with E-state index in [9.17, 15) is 28.1 Å². The van der Waals surface area contributed by atoms with Gasteiger partial charge in [-0.2, -0.15) is 5.26 Å². The van der Waals surface area contributed by atoms with Crippen molar-refractivity contribution in [1.82, 2.24) is 4.72 Å². The fourth-order valence-electron chi connectivity index (χ4n) is 3.82. The Morgan fingerprint density at radius 1 is 1.08 bits per heavy atom. The molecule has 0 spiro atoms. The van der Waals surface area contributed by atoms with Crippen LogP contribution in [0, 0.1) is 31.1 Å². The number of sulfonamides is 1. The predicted octanol–water partition coefficient (Wildman–Crippen LogP) is 4.30. The fraction of sp³-hybridized carbons (Fsp3) is 0.286. The molecular formula is C28H28ClN3O6S. The number of halogens is 1. The molecule has 0 heterocycles. The summed E-state index contributed by atoms with van der Waals surface area (Å²) >= 11 is 6.39. The molecule has 2 aromatic carbocycles. The molecule has 2 N–H and O–H groups in total.